The van der Waals surface area contributed by atoms with E-state index in [-0.39, 0.29) is 5.69 Å². The molecule has 0 aliphatic carbocycles. The van der Waals surface area contributed by atoms with Crippen molar-refractivity contribution in [2.75, 3.05) is 18.0 Å². The summed E-state index contributed by atoms with van der Waals surface area (Å²) in [7, 11) is 0. The summed E-state index contributed by atoms with van der Waals surface area (Å²) >= 11 is 2.22. The quantitative estimate of drug-likeness (QED) is 0.310. The van der Waals surface area contributed by atoms with Gasteiger partial charge in [-0.3, -0.25) is 0 Å². The van der Waals surface area contributed by atoms with E-state index in [9.17, 15) is 10.0 Å². The molecule has 1 fully saturated rings. The molecule has 2 aromatic rings. The van der Waals surface area contributed by atoms with Crippen LogP contribution in [0.1, 0.15) is 44.1 Å². The van der Waals surface area contributed by atoms with Crippen LogP contribution in [0.15, 0.2) is 24.3 Å². The Morgan fingerprint density at radius 3 is 2.54 bits per heavy atom. The van der Waals surface area contributed by atoms with E-state index in [4.69, 9.17) is 4.74 Å². The highest BCUT2D eigenvalue weighted by atomic mass is 127. The van der Waals surface area contributed by atoms with Crippen molar-refractivity contribution >= 4 is 45.2 Å². The molecule has 6 heteroatoms. The molecule has 0 radical (unpaired) electrons. The number of esters is 1. The molecule has 2 heterocycles. The molecule has 0 N–H and O–H groups in total. The predicted molar refractivity (Wildman–Crippen MR) is 102 cm³/mol. The maximum atomic E-state index is 12.9. The molecule has 5 nitrogen and oxygen atoms in total. The van der Waals surface area contributed by atoms with Gasteiger partial charge in [-0.1, -0.05) is 0 Å². The number of nitrogens with zero attached hydrogens (tertiary/aromatic N) is 2. The number of carbonyl (C=O) groups is 1. The van der Waals surface area contributed by atoms with Gasteiger partial charge >= 0.3 is 11.7 Å². The fourth-order valence-electron chi connectivity index (χ4n) is 2.98. The molecule has 1 aromatic carbocycles. The van der Waals surface area contributed by atoms with E-state index < -0.39 is 11.6 Å². The standard InChI is InChI=1S/C18H21IN2O3/c1-18(2,3)24-17(22)16-15(20-8-4-5-9-20)11-12-10-13(19)6-7-14(12)21(16)23/h6-7,10-11H,4-5,8-9H2,1-3H3. The summed E-state index contributed by atoms with van der Waals surface area (Å²) in [4.78, 5) is 14.8. The lowest BCUT2D eigenvalue weighted by Crippen LogP contribution is -2.41. The summed E-state index contributed by atoms with van der Waals surface area (Å²) in [6.45, 7) is 7.12. The Labute approximate surface area is 155 Å². The second kappa shape index (κ2) is 6.38. The SMILES string of the molecule is CC(C)(C)OC(=O)c1c(N2CCCC2)cc2cc(I)ccc2[n+]1[O-]. The lowest BCUT2D eigenvalue weighted by atomic mass is 10.1. The van der Waals surface area contributed by atoms with Crippen molar-refractivity contribution in [3.05, 3.63) is 38.7 Å². The Morgan fingerprint density at radius 1 is 1.25 bits per heavy atom. The van der Waals surface area contributed by atoms with Gasteiger partial charge in [0, 0.05) is 22.7 Å². The topological polar surface area (TPSA) is 56.5 Å². The van der Waals surface area contributed by atoms with Gasteiger partial charge in [-0.15, -0.1) is 0 Å². The van der Waals surface area contributed by atoms with Crippen molar-refractivity contribution < 1.29 is 14.3 Å². The van der Waals surface area contributed by atoms with Crippen LogP contribution in [0.2, 0.25) is 0 Å². The van der Waals surface area contributed by atoms with Gasteiger partial charge in [0.15, 0.2) is 0 Å². The third-order valence-electron chi connectivity index (χ3n) is 3.99. The summed E-state index contributed by atoms with van der Waals surface area (Å²) < 4.78 is 7.27. The van der Waals surface area contributed by atoms with Crippen LogP contribution in [0.5, 0.6) is 0 Å². The van der Waals surface area contributed by atoms with E-state index >= 15 is 0 Å². The zero-order chi connectivity index (χ0) is 17.5. The number of aromatic nitrogens is 1. The van der Waals surface area contributed by atoms with Gasteiger partial charge in [-0.25, -0.2) is 4.79 Å². The minimum Gasteiger partial charge on any atom is -0.618 e. The van der Waals surface area contributed by atoms with Crippen LogP contribution in [0.25, 0.3) is 10.9 Å². The molecule has 0 saturated carbocycles. The second-order valence-corrected chi connectivity index (χ2v) is 8.32. The third kappa shape index (κ3) is 3.43. The number of anilines is 1. The van der Waals surface area contributed by atoms with E-state index in [2.05, 4.69) is 27.5 Å². The molecule has 0 bridgehead atoms. The fourth-order valence-corrected chi connectivity index (χ4v) is 3.49. The monoisotopic (exact) mass is 440 g/mol. The van der Waals surface area contributed by atoms with E-state index in [1.165, 1.54) is 0 Å². The Kier molecular flexibility index (Phi) is 4.59. The molecule has 24 heavy (non-hydrogen) atoms. The molecule has 3 rings (SSSR count). The first-order chi connectivity index (χ1) is 11.3. The normalized spacial score (nSPS) is 15.1. The number of halogens is 1. The molecule has 1 aliphatic rings. The first-order valence-electron chi connectivity index (χ1n) is 8.10. The van der Waals surface area contributed by atoms with E-state index in [1.54, 1.807) is 26.8 Å². The molecule has 0 spiro atoms. The van der Waals surface area contributed by atoms with Crippen LogP contribution in [0, 0.1) is 8.78 Å². The maximum absolute atomic E-state index is 12.9. The van der Waals surface area contributed by atoms with Crippen LogP contribution in [-0.2, 0) is 4.74 Å². The average molecular weight is 440 g/mol. The molecule has 1 saturated heterocycles. The minimum absolute atomic E-state index is 0.0838. The van der Waals surface area contributed by atoms with Crippen LogP contribution < -0.4 is 9.63 Å². The maximum Gasteiger partial charge on any atom is 0.407 e. The van der Waals surface area contributed by atoms with Gasteiger partial charge in [0.25, 0.3) is 0 Å². The molecule has 128 valence electrons. The molecule has 1 aromatic heterocycles. The summed E-state index contributed by atoms with van der Waals surface area (Å²) in [5.74, 6) is -0.570. The zero-order valence-corrected chi connectivity index (χ0v) is 16.3. The minimum atomic E-state index is -0.645. The largest absolute Gasteiger partial charge is 0.618 e. The summed E-state index contributed by atoms with van der Waals surface area (Å²) in [5, 5.41) is 13.8. The van der Waals surface area contributed by atoms with Gasteiger partial charge in [-0.05, 0) is 74.4 Å². The first-order valence-corrected chi connectivity index (χ1v) is 9.18. The molecule has 0 unspecified atom stereocenters. The summed E-state index contributed by atoms with van der Waals surface area (Å²) in [6, 6.07) is 7.52. The number of hydrogen-bond donors (Lipinski definition) is 0. The lowest BCUT2D eigenvalue weighted by Gasteiger charge is -2.23. The first kappa shape index (κ1) is 17.3. The average Bonchev–Trinajstić information content (AvgIpc) is 2.98. The van der Waals surface area contributed by atoms with Crippen LogP contribution in [-0.4, -0.2) is 24.7 Å². The molecular formula is C18H21IN2O3. The second-order valence-electron chi connectivity index (χ2n) is 7.07. The molecule has 0 amide bonds. The summed E-state index contributed by atoms with van der Waals surface area (Å²) in [5.41, 5.74) is 0.596. The van der Waals surface area contributed by atoms with Gasteiger partial charge < -0.3 is 14.8 Å². The van der Waals surface area contributed by atoms with Crippen molar-refractivity contribution in [3.8, 4) is 0 Å². The van der Waals surface area contributed by atoms with Crippen molar-refractivity contribution in [2.45, 2.75) is 39.2 Å². The van der Waals surface area contributed by atoms with E-state index in [0.29, 0.717) is 11.2 Å². The van der Waals surface area contributed by atoms with Gasteiger partial charge in [-0.2, -0.15) is 4.73 Å². The molecular weight excluding hydrogens is 419 g/mol. The van der Waals surface area contributed by atoms with Crippen LogP contribution in [0.3, 0.4) is 0 Å². The van der Waals surface area contributed by atoms with E-state index in [1.807, 2.05) is 18.2 Å². The fraction of sp³-hybridized carbons (Fsp3) is 0.444. The number of benzene rings is 1. The van der Waals surface area contributed by atoms with E-state index in [0.717, 1.165) is 39.6 Å². The van der Waals surface area contributed by atoms with Gasteiger partial charge in [0.2, 0.25) is 5.52 Å². The van der Waals surface area contributed by atoms with Crippen molar-refractivity contribution in [2.24, 2.45) is 0 Å². The highest BCUT2D eigenvalue weighted by molar-refractivity contribution is 14.1. The zero-order valence-electron chi connectivity index (χ0n) is 14.1. The Morgan fingerprint density at radius 2 is 1.92 bits per heavy atom. The number of hydrogen-bond acceptors (Lipinski definition) is 4. The predicted octanol–water partition coefficient (Wildman–Crippen LogP) is 3.63. The van der Waals surface area contributed by atoms with Crippen molar-refractivity contribution in [1.29, 1.82) is 0 Å². The lowest BCUT2D eigenvalue weighted by molar-refractivity contribution is -0.579. The summed E-state index contributed by atoms with van der Waals surface area (Å²) in [6.07, 6.45) is 2.13. The number of rotatable bonds is 2. The number of pyridine rings is 1. The van der Waals surface area contributed by atoms with Crippen molar-refractivity contribution in [3.63, 3.8) is 0 Å². The van der Waals surface area contributed by atoms with Crippen LogP contribution >= 0.6 is 22.6 Å². The number of carbonyl (C=O) groups excluding carboxylic acids is 1. The molecule has 0 atom stereocenters. The van der Waals surface area contributed by atoms with Gasteiger partial charge in [0.1, 0.15) is 11.3 Å². The highest BCUT2D eigenvalue weighted by Crippen LogP contribution is 2.28. The van der Waals surface area contributed by atoms with Gasteiger partial charge in [0.05, 0.1) is 5.39 Å². The van der Waals surface area contributed by atoms with Crippen LogP contribution in [0.4, 0.5) is 5.69 Å². The Hall–Kier alpha value is -1.57. The Balaban J connectivity index is 2.20. The highest BCUT2D eigenvalue weighted by Gasteiger charge is 2.32. The smallest absolute Gasteiger partial charge is 0.407 e. The molecule has 1 aliphatic heterocycles. The third-order valence-corrected chi connectivity index (χ3v) is 4.66. The Bertz CT molecular complexity index is 793. The number of ether oxygens (including phenoxy) is 1. The van der Waals surface area contributed by atoms with Crippen molar-refractivity contribution in [1.82, 2.24) is 0 Å². The number of fused-ring (bicyclic) bond motifs is 1.